The zero-order valence-corrected chi connectivity index (χ0v) is 11.1. The van der Waals surface area contributed by atoms with Gasteiger partial charge in [0.15, 0.2) is 0 Å². The van der Waals surface area contributed by atoms with Crippen molar-refractivity contribution < 1.29 is 14.1 Å². The molecule has 2 aromatic carbocycles. The van der Waals surface area contributed by atoms with Crippen molar-refractivity contribution in [1.82, 2.24) is 5.32 Å². The van der Waals surface area contributed by atoms with Gasteiger partial charge < -0.3 is 5.32 Å². The van der Waals surface area contributed by atoms with Crippen molar-refractivity contribution in [2.45, 2.75) is 13.0 Å². The SMILES string of the molecule is O=C(Cc1ccc([N+](=O)[O-])cc1)NCc1ccccc1F. The smallest absolute Gasteiger partial charge is 0.269 e. The van der Waals surface area contributed by atoms with Crippen molar-refractivity contribution in [3.63, 3.8) is 0 Å². The average Bonchev–Trinajstić information content (AvgIpc) is 2.47. The second-order valence-corrected chi connectivity index (χ2v) is 4.47. The first-order valence-corrected chi connectivity index (χ1v) is 6.29. The van der Waals surface area contributed by atoms with Gasteiger partial charge in [-0.2, -0.15) is 0 Å². The molecule has 0 radical (unpaired) electrons. The maximum absolute atomic E-state index is 13.4. The maximum atomic E-state index is 13.4. The van der Waals surface area contributed by atoms with Crippen molar-refractivity contribution in [3.8, 4) is 0 Å². The van der Waals surface area contributed by atoms with Crippen LogP contribution in [0, 0.1) is 15.9 Å². The molecule has 6 heteroatoms. The van der Waals surface area contributed by atoms with Crippen LogP contribution in [0.1, 0.15) is 11.1 Å². The summed E-state index contributed by atoms with van der Waals surface area (Å²) < 4.78 is 13.4. The number of non-ortho nitro benzene ring substituents is 1. The number of rotatable bonds is 5. The highest BCUT2D eigenvalue weighted by Crippen LogP contribution is 2.12. The maximum Gasteiger partial charge on any atom is 0.269 e. The van der Waals surface area contributed by atoms with Gasteiger partial charge in [-0.15, -0.1) is 0 Å². The first kappa shape index (κ1) is 14.6. The van der Waals surface area contributed by atoms with Crippen LogP contribution in [0.4, 0.5) is 10.1 Å². The van der Waals surface area contributed by atoms with Crippen molar-refractivity contribution in [3.05, 3.63) is 75.6 Å². The Bertz CT molecular complexity index is 656. The van der Waals surface area contributed by atoms with Crippen LogP contribution in [-0.4, -0.2) is 10.8 Å². The first-order chi connectivity index (χ1) is 10.1. The Morgan fingerprint density at radius 1 is 1.14 bits per heavy atom. The number of nitro benzene ring substituents is 1. The molecule has 0 aliphatic heterocycles. The highest BCUT2D eigenvalue weighted by molar-refractivity contribution is 5.78. The number of halogens is 1. The second kappa shape index (κ2) is 6.60. The summed E-state index contributed by atoms with van der Waals surface area (Å²) in [7, 11) is 0. The van der Waals surface area contributed by atoms with Crippen LogP contribution >= 0.6 is 0 Å². The molecule has 0 spiro atoms. The molecule has 0 saturated heterocycles. The largest absolute Gasteiger partial charge is 0.352 e. The summed E-state index contributed by atoms with van der Waals surface area (Å²) in [5, 5.41) is 13.1. The minimum atomic E-state index is -0.498. The Morgan fingerprint density at radius 3 is 2.43 bits per heavy atom. The van der Waals surface area contributed by atoms with Gasteiger partial charge in [0.05, 0.1) is 11.3 Å². The molecule has 1 amide bonds. The summed E-state index contributed by atoms with van der Waals surface area (Å²) >= 11 is 0. The number of nitro groups is 1. The molecule has 0 aromatic heterocycles. The standard InChI is InChI=1S/C15H13FN2O3/c16-14-4-2-1-3-12(14)10-17-15(19)9-11-5-7-13(8-6-11)18(20)21/h1-8H,9-10H2,(H,17,19). The Hall–Kier alpha value is -2.76. The minimum Gasteiger partial charge on any atom is -0.352 e. The minimum absolute atomic E-state index is 0.0227. The van der Waals surface area contributed by atoms with E-state index in [2.05, 4.69) is 5.32 Å². The summed E-state index contributed by atoms with van der Waals surface area (Å²) in [5.74, 6) is -0.639. The fourth-order valence-electron chi connectivity index (χ4n) is 1.82. The van der Waals surface area contributed by atoms with E-state index in [-0.39, 0.29) is 30.4 Å². The molecule has 21 heavy (non-hydrogen) atoms. The summed E-state index contributed by atoms with van der Waals surface area (Å²) in [6, 6.07) is 12.0. The topological polar surface area (TPSA) is 72.2 Å². The van der Waals surface area contributed by atoms with Crippen molar-refractivity contribution in [2.75, 3.05) is 0 Å². The monoisotopic (exact) mass is 288 g/mol. The number of nitrogens with one attached hydrogen (secondary N) is 1. The number of hydrogen-bond acceptors (Lipinski definition) is 3. The number of amides is 1. The normalized spacial score (nSPS) is 10.1. The van der Waals surface area contributed by atoms with Gasteiger partial charge in [-0.1, -0.05) is 30.3 Å². The predicted octanol–water partition coefficient (Wildman–Crippen LogP) is 2.59. The lowest BCUT2D eigenvalue weighted by molar-refractivity contribution is -0.384. The van der Waals surface area contributed by atoms with Crippen LogP contribution in [-0.2, 0) is 17.8 Å². The van der Waals surface area contributed by atoms with Crippen LogP contribution in [0.3, 0.4) is 0 Å². The van der Waals surface area contributed by atoms with E-state index < -0.39 is 4.92 Å². The number of benzene rings is 2. The zero-order chi connectivity index (χ0) is 15.2. The van der Waals surface area contributed by atoms with E-state index >= 15 is 0 Å². The van der Waals surface area contributed by atoms with Gasteiger partial charge in [0, 0.05) is 24.2 Å². The lowest BCUT2D eigenvalue weighted by Crippen LogP contribution is -2.25. The quantitative estimate of drug-likeness (QED) is 0.679. The average molecular weight is 288 g/mol. The molecule has 0 saturated carbocycles. The molecule has 108 valence electrons. The molecule has 0 bridgehead atoms. The first-order valence-electron chi connectivity index (χ1n) is 6.29. The van der Waals surface area contributed by atoms with Gasteiger partial charge in [0.2, 0.25) is 5.91 Å². The summed E-state index contributed by atoms with van der Waals surface area (Å²) in [6.45, 7) is 0.110. The summed E-state index contributed by atoms with van der Waals surface area (Å²) in [6.07, 6.45) is 0.0897. The van der Waals surface area contributed by atoms with Gasteiger partial charge in [-0.3, -0.25) is 14.9 Å². The van der Waals surface area contributed by atoms with Crippen LogP contribution in [0.25, 0.3) is 0 Å². The Morgan fingerprint density at radius 2 is 1.81 bits per heavy atom. The Kier molecular flexibility index (Phi) is 4.61. The molecule has 0 atom stereocenters. The fraction of sp³-hybridized carbons (Fsp3) is 0.133. The van der Waals surface area contributed by atoms with E-state index in [0.717, 1.165) is 0 Å². The van der Waals surface area contributed by atoms with E-state index in [1.54, 1.807) is 18.2 Å². The lowest BCUT2D eigenvalue weighted by Gasteiger charge is -2.06. The van der Waals surface area contributed by atoms with Gasteiger partial charge in [0.1, 0.15) is 5.82 Å². The van der Waals surface area contributed by atoms with Crippen LogP contribution < -0.4 is 5.32 Å². The van der Waals surface area contributed by atoms with Gasteiger partial charge >= 0.3 is 0 Å². The molecule has 0 aliphatic carbocycles. The highest BCUT2D eigenvalue weighted by atomic mass is 19.1. The third-order valence-electron chi connectivity index (χ3n) is 2.95. The fourth-order valence-corrected chi connectivity index (χ4v) is 1.82. The second-order valence-electron chi connectivity index (χ2n) is 4.47. The lowest BCUT2D eigenvalue weighted by atomic mass is 10.1. The molecular weight excluding hydrogens is 275 g/mol. The highest BCUT2D eigenvalue weighted by Gasteiger charge is 2.08. The van der Waals surface area contributed by atoms with Crippen molar-refractivity contribution in [1.29, 1.82) is 0 Å². The number of carbonyl (C=O) groups is 1. The number of nitrogens with zero attached hydrogens (tertiary/aromatic N) is 1. The molecular formula is C15H13FN2O3. The molecule has 5 nitrogen and oxygen atoms in total. The van der Waals surface area contributed by atoms with E-state index in [0.29, 0.717) is 11.1 Å². The predicted molar refractivity (Wildman–Crippen MR) is 75.0 cm³/mol. The Labute approximate surface area is 120 Å². The van der Waals surface area contributed by atoms with E-state index in [9.17, 15) is 19.3 Å². The molecule has 2 aromatic rings. The third-order valence-corrected chi connectivity index (χ3v) is 2.95. The van der Waals surface area contributed by atoms with Gasteiger partial charge in [-0.25, -0.2) is 4.39 Å². The molecule has 0 heterocycles. The molecule has 2 rings (SSSR count). The number of carbonyl (C=O) groups excluding carboxylic acids is 1. The van der Waals surface area contributed by atoms with E-state index in [1.807, 2.05) is 0 Å². The molecule has 0 unspecified atom stereocenters. The molecule has 1 N–H and O–H groups in total. The Balaban J connectivity index is 1.90. The van der Waals surface area contributed by atoms with Crippen molar-refractivity contribution in [2.24, 2.45) is 0 Å². The van der Waals surface area contributed by atoms with E-state index in [1.165, 1.54) is 30.3 Å². The number of hydrogen-bond donors (Lipinski definition) is 1. The van der Waals surface area contributed by atoms with Gasteiger partial charge in [0.25, 0.3) is 5.69 Å². The van der Waals surface area contributed by atoms with Crippen LogP contribution in [0.15, 0.2) is 48.5 Å². The molecule has 0 aliphatic rings. The summed E-state index contributed by atoms with van der Waals surface area (Å²) in [5.41, 5.74) is 1.05. The van der Waals surface area contributed by atoms with E-state index in [4.69, 9.17) is 0 Å². The van der Waals surface area contributed by atoms with Gasteiger partial charge in [-0.05, 0) is 11.6 Å². The van der Waals surface area contributed by atoms with Crippen LogP contribution in [0.5, 0.6) is 0 Å². The summed E-state index contributed by atoms with van der Waals surface area (Å²) in [4.78, 5) is 21.8. The molecule has 0 fully saturated rings. The van der Waals surface area contributed by atoms with Crippen LogP contribution in [0.2, 0.25) is 0 Å². The van der Waals surface area contributed by atoms with Crippen molar-refractivity contribution >= 4 is 11.6 Å². The third kappa shape index (κ3) is 4.10. The zero-order valence-electron chi connectivity index (χ0n) is 11.1.